The fraction of sp³-hybridized carbons (Fsp3) is 0.375. The fourth-order valence-electron chi connectivity index (χ4n) is 3.98. The summed E-state index contributed by atoms with van der Waals surface area (Å²) >= 11 is 0.743. The third-order valence-corrected chi connectivity index (χ3v) is 7.19. The molecule has 4 rings (SSSR count). The molecule has 2 aliphatic heterocycles. The number of nitro benzene ring substituents is 1. The number of likely N-dealkylation sites (tertiary alicyclic amines) is 1. The molecule has 2 aliphatic rings. The van der Waals surface area contributed by atoms with Crippen LogP contribution < -0.4 is 0 Å². The molecule has 1 aromatic heterocycles. The maximum atomic E-state index is 12.8. The van der Waals surface area contributed by atoms with E-state index in [9.17, 15) is 24.5 Å². The van der Waals surface area contributed by atoms with E-state index in [0.717, 1.165) is 40.6 Å². The Morgan fingerprint density at radius 1 is 1.21 bits per heavy atom. The molecule has 3 heterocycles. The minimum Gasteiger partial charge on any atom is -0.456 e. The van der Waals surface area contributed by atoms with Gasteiger partial charge >= 0.3 is 0 Å². The number of thioether (sulfide) groups is 1. The van der Waals surface area contributed by atoms with E-state index < -0.39 is 16.1 Å². The molecule has 10 heteroatoms. The number of nitrogens with zero attached hydrogens (tertiary/aromatic N) is 3. The van der Waals surface area contributed by atoms with Crippen molar-refractivity contribution in [3.8, 4) is 11.3 Å². The first-order chi connectivity index (χ1) is 16.1. The molecule has 9 nitrogen and oxygen atoms in total. The Labute approximate surface area is 200 Å². The van der Waals surface area contributed by atoms with Gasteiger partial charge in [0.05, 0.1) is 15.4 Å². The second-order valence-electron chi connectivity index (χ2n) is 8.74. The number of amides is 3. The SMILES string of the molecule is Cc1cc(-c2ccc(/C=C3\SC(=O)N(CC(=O)N4CCC(C)CC4)C3=O)o2)c([N+](=O)[O-])cc1C. The highest BCUT2D eigenvalue weighted by Gasteiger charge is 2.37. The molecule has 0 aliphatic carbocycles. The molecule has 0 radical (unpaired) electrons. The lowest BCUT2D eigenvalue weighted by Gasteiger charge is -2.31. The van der Waals surface area contributed by atoms with Crippen molar-refractivity contribution in [3.05, 3.63) is 56.2 Å². The number of benzene rings is 1. The smallest absolute Gasteiger partial charge is 0.294 e. The highest BCUT2D eigenvalue weighted by Crippen LogP contribution is 2.36. The van der Waals surface area contributed by atoms with Crippen LogP contribution in [0.4, 0.5) is 10.5 Å². The average molecular weight is 484 g/mol. The summed E-state index contributed by atoms with van der Waals surface area (Å²) in [6.45, 7) is 6.77. The van der Waals surface area contributed by atoms with Gasteiger partial charge in [-0.15, -0.1) is 0 Å². The van der Waals surface area contributed by atoms with Crippen molar-refractivity contribution >= 4 is 40.6 Å². The molecule has 178 valence electrons. The minimum atomic E-state index is -0.552. The Balaban J connectivity index is 1.51. The molecular formula is C24H25N3O6S. The van der Waals surface area contributed by atoms with Crippen molar-refractivity contribution in [3.63, 3.8) is 0 Å². The van der Waals surface area contributed by atoms with Gasteiger partial charge in [-0.3, -0.25) is 29.4 Å². The molecule has 0 atom stereocenters. The zero-order valence-corrected chi connectivity index (χ0v) is 20.0. The van der Waals surface area contributed by atoms with Gasteiger partial charge in [0.2, 0.25) is 5.91 Å². The maximum absolute atomic E-state index is 12.8. The quantitative estimate of drug-likeness (QED) is 0.342. The Hall–Kier alpha value is -3.40. The lowest BCUT2D eigenvalue weighted by atomic mass is 9.99. The maximum Gasteiger partial charge on any atom is 0.294 e. The first-order valence-electron chi connectivity index (χ1n) is 11.0. The van der Waals surface area contributed by atoms with Gasteiger partial charge in [-0.05, 0) is 73.7 Å². The molecule has 0 saturated carbocycles. The van der Waals surface area contributed by atoms with Gasteiger partial charge in [0.15, 0.2) is 0 Å². The van der Waals surface area contributed by atoms with Crippen LogP contribution >= 0.6 is 11.8 Å². The largest absolute Gasteiger partial charge is 0.456 e. The van der Waals surface area contributed by atoms with Crippen LogP contribution in [-0.2, 0) is 9.59 Å². The molecule has 2 saturated heterocycles. The van der Waals surface area contributed by atoms with Crippen molar-refractivity contribution in [2.45, 2.75) is 33.6 Å². The summed E-state index contributed by atoms with van der Waals surface area (Å²) < 4.78 is 5.77. The number of piperidine rings is 1. The van der Waals surface area contributed by atoms with Crippen molar-refractivity contribution in [2.75, 3.05) is 19.6 Å². The second-order valence-corrected chi connectivity index (χ2v) is 9.74. The molecule has 0 unspecified atom stereocenters. The van der Waals surface area contributed by atoms with Gasteiger partial charge in [0.25, 0.3) is 16.8 Å². The molecule has 2 fully saturated rings. The van der Waals surface area contributed by atoms with E-state index in [4.69, 9.17) is 4.42 Å². The lowest BCUT2D eigenvalue weighted by Crippen LogP contribution is -2.45. The second kappa shape index (κ2) is 9.46. The molecule has 0 bridgehead atoms. The highest BCUT2D eigenvalue weighted by molar-refractivity contribution is 8.18. The van der Waals surface area contributed by atoms with Crippen LogP contribution in [0.15, 0.2) is 33.6 Å². The zero-order chi connectivity index (χ0) is 24.6. The number of imide groups is 1. The van der Waals surface area contributed by atoms with E-state index in [1.807, 2.05) is 6.92 Å². The van der Waals surface area contributed by atoms with Crippen molar-refractivity contribution in [1.82, 2.24) is 9.80 Å². The van der Waals surface area contributed by atoms with Crippen molar-refractivity contribution in [1.29, 1.82) is 0 Å². The van der Waals surface area contributed by atoms with Crippen molar-refractivity contribution in [2.24, 2.45) is 5.92 Å². The third kappa shape index (κ3) is 4.77. The number of nitro groups is 1. The summed E-state index contributed by atoms with van der Waals surface area (Å²) in [5.41, 5.74) is 1.94. The number of hydrogen-bond acceptors (Lipinski definition) is 7. The normalized spacial score (nSPS) is 18.3. The zero-order valence-electron chi connectivity index (χ0n) is 19.2. The van der Waals surface area contributed by atoms with Gasteiger partial charge in [-0.2, -0.15) is 0 Å². The molecule has 1 aromatic carbocycles. The number of furan rings is 1. The summed E-state index contributed by atoms with van der Waals surface area (Å²) in [4.78, 5) is 51.7. The number of rotatable bonds is 5. The molecule has 2 aromatic rings. The van der Waals surface area contributed by atoms with E-state index >= 15 is 0 Å². The standard InChI is InChI=1S/C24H25N3O6S/c1-14-6-8-25(9-7-14)22(28)13-26-23(29)21(34-24(26)30)12-17-4-5-20(33-17)18-10-15(2)16(3)11-19(18)27(31)32/h4-5,10-12,14H,6-9,13H2,1-3H3/b21-12-. The number of hydrogen-bond donors (Lipinski definition) is 0. The Morgan fingerprint density at radius 3 is 2.56 bits per heavy atom. The molecule has 0 spiro atoms. The van der Waals surface area contributed by atoms with Gasteiger partial charge in [0, 0.05) is 25.2 Å². The lowest BCUT2D eigenvalue weighted by molar-refractivity contribution is -0.384. The predicted octanol–water partition coefficient (Wildman–Crippen LogP) is 4.77. The van der Waals surface area contributed by atoms with Crippen LogP contribution in [0.3, 0.4) is 0 Å². The first-order valence-corrected chi connectivity index (χ1v) is 11.8. The van der Waals surface area contributed by atoms with Crippen LogP contribution in [0.25, 0.3) is 17.4 Å². The number of aryl methyl sites for hydroxylation is 2. The summed E-state index contributed by atoms with van der Waals surface area (Å²) in [6, 6.07) is 6.37. The fourth-order valence-corrected chi connectivity index (χ4v) is 4.80. The van der Waals surface area contributed by atoms with E-state index in [2.05, 4.69) is 6.92 Å². The van der Waals surface area contributed by atoms with Crippen LogP contribution in [0.5, 0.6) is 0 Å². The van der Waals surface area contributed by atoms with Crippen molar-refractivity contribution < 1.29 is 23.7 Å². The summed E-state index contributed by atoms with van der Waals surface area (Å²) in [5, 5.41) is 11.0. The van der Waals surface area contributed by atoms with E-state index in [0.29, 0.717) is 24.6 Å². The predicted molar refractivity (Wildman–Crippen MR) is 128 cm³/mol. The first kappa shape index (κ1) is 23.7. The monoisotopic (exact) mass is 483 g/mol. The van der Waals surface area contributed by atoms with Gasteiger partial charge in [-0.1, -0.05) is 6.92 Å². The van der Waals surface area contributed by atoms with Crippen LogP contribution in [0.2, 0.25) is 0 Å². The molecule has 34 heavy (non-hydrogen) atoms. The van der Waals surface area contributed by atoms with Gasteiger partial charge in [0.1, 0.15) is 18.1 Å². The third-order valence-electron chi connectivity index (χ3n) is 6.28. The average Bonchev–Trinajstić information content (AvgIpc) is 3.36. The summed E-state index contributed by atoms with van der Waals surface area (Å²) in [6.07, 6.45) is 3.24. The Kier molecular flexibility index (Phi) is 6.60. The van der Waals surface area contributed by atoms with E-state index in [-0.39, 0.29) is 34.6 Å². The summed E-state index contributed by atoms with van der Waals surface area (Å²) in [7, 11) is 0. The minimum absolute atomic E-state index is 0.0741. The Morgan fingerprint density at radius 2 is 1.88 bits per heavy atom. The van der Waals surface area contributed by atoms with E-state index in [1.54, 1.807) is 30.0 Å². The van der Waals surface area contributed by atoms with Gasteiger partial charge < -0.3 is 9.32 Å². The summed E-state index contributed by atoms with van der Waals surface area (Å²) in [5.74, 6) is 0.341. The molecule has 3 amide bonds. The number of carbonyl (C=O) groups is 3. The van der Waals surface area contributed by atoms with Crippen LogP contribution in [-0.4, -0.2) is 51.4 Å². The molecule has 0 N–H and O–H groups in total. The number of carbonyl (C=O) groups excluding carboxylic acids is 3. The topological polar surface area (TPSA) is 114 Å². The highest BCUT2D eigenvalue weighted by atomic mass is 32.2. The van der Waals surface area contributed by atoms with E-state index in [1.165, 1.54) is 12.1 Å². The van der Waals surface area contributed by atoms with Crippen LogP contribution in [0, 0.1) is 29.9 Å². The molecular weight excluding hydrogens is 458 g/mol. The van der Waals surface area contributed by atoms with Crippen LogP contribution in [0.1, 0.15) is 36.7 Å². The Bertz CT molecular complexity index is 1210. The van der Waals surface area contributed by atoms with Gasteiger partial charge in [-0.25, -0.2) is 0 Å².